The number of unbranched alkanes of at least 4 members (excludes halogenated alkanes) is 6. The van der Waals surface area contributed by atoms with Crippen molar-refractivity contribution in [1.29, 1.82) is 0 Å². The van der Waals surface area contributed by atoms with Crippen molar-refractivity contribution in [2.75, 3.05) is 6.61 Å². The molecule has 1 heteroatoms. The maximum atomic E-state index is 5.83. The number of hydrogen-bond acceptors (Lipinski definition) is 1. The van der Waals surface area contributed by atoms with Gasteiger partial charge >= 0.3 is 0 Å². The van der Waals surface area contributed by atoms with Crippen molar-refractivity contribution in [1.82, 2.24) is 0 Å². The van der Waals surface area contributed by atoms with Crippen LogP contribution in [-0.2, 0) is 4.74 Å². The second-order valence-corrected chi connectivity index (χ2v) is 6.14. The Labute approximate surface area is 121 Å². The Hall–Kier alpha value is -0.300. The molecule has 1 nitrogen and oxygen atoms in total. The summed E-state index contributed by atoms with van der Waals surface area (Å²) in [6.45, 7) is 9.90. The first-order valence-electron chi connectivity index (χ1n) is 8.43. The van der Waals surface area contributed by atoms with Crippen LogP contribution in [-0.4, -0.2) is 12.7 Å². The van der Waals surface area contributed by atoms with Gasteiger partial charge in [-0.2, -0.15) is 0 Å². The lowest BCUT2D eigenvalue weighted by Gasteiger charge is -2.10. The molecule has 0 fully saturated rings. The van der Waals surface area contributed by atoms with E-state index < -0.39 is 0 Å². The summed E-state index contributed by atoms with van der Waals surface area (Å²) < 4.78 is 5.83. The molecule has 1 atom stereocenters. The molecule has 0 N–H and O–H groups in total. The van der Waals surface area contributed by atoms with E-state index in [0.717, 1.165) is 18.9 Å². The van der Waals surface area contributed by atoms with Gasteiger partial charge in [-0.15, -0.1) is 0 Å². The summed E-state index contributed by atoms with van der Waals surface area (Å²) in [5.41, 5.74) is 0. The van der Waals surface area contributed by atoms with Gasteiger partial charge in [-0.05, 0) is 32.1 Å². The van der Waals surface area contributed by atoms with E-state index in [0.29, 0.717) is 6.10 Å². The summed E-state index contributed by atoms with van der Waals surface area (Å²) in [4.78, 5) is 0. The van der Waals surface area contributed by atoms with E-state index in [1.165, 1.54) is 51.4 Å². The van der Waals surface area contributed by atoms with Gasteiger partial charge in [-0.25, -0.2) is 0 Å². The molecule has 0 aromatic rings. The number of rotatable bonds is 13. The van der Waals surface area contributed by atoms with E-state index in [-0.39, 0.29) is 0 Å². The molecule has 0 heterocycles. The van der Waals surface area contributed by atoms with Crippen molar-refractivity contribution < 1.29 is 4.74 Å². The molecule has 0 saturated heterocycles. The third kappa shape index (κ3) is 15.6. The highest BCUT2D eigenvalue weighted by atomic mass is 16.5. The van der Waals surface area contributed by atoms with Gasteiger partial charge in [0.1, 0.15) is 0 Å². The van der Waals surface area contributed by atoms with E-state index >= 15 is 0 Å². The van der Waals surface area contributed by atoms with E-state index in [4.69, 9.17) is 4.74 Å². The molecule has 0 aliphatic carbocycles. The molecule has 1 unspecified atom stereocenters. The van der Waals surface area contributed by atoms with E-state index in [1.807, 2.05) is 0 Å². The molecule has 0 rings (SSSR count). The lowest BCUT2D eigenvalue weighted by atomic mass is 10.1. The fourth-order valence-electron chi connectivity index (χ4n) is 2.07. The molecule has 19 heavy (non-hydrogen) atoms. The van der Waals surface area contributed by atoms with Crippen LogP contribution in [0.1, 0.15) is 85.5 Å². The predicted octanol–water partition coefficient (Wildman–Crippen LogP) is 6.13. The van der Waals surface area contributed by atoms with Gasteiger partial charge in [-0.1, -0.05) is 71.4 Å². The maximum absolute atomic E-state index is 5.83. The quantitative estimate of drug-likeness (QED) is 0.288. The Morgan fingerprint density at radius 2 is 1.37 bits per heavy atom. The lowest BCUT2D eigenvalue weighted by Crippen LogP contribution is -2.08. The molecule has 114 valence electrons. The fraction of sp³-hybridized carbons (Fsp3) is 0.889. The Bertz CT molecular complexity index is 196. The minimum absolute atomic E-state index is 0.378. The van der Waals surface area contributed by atoms with E-state index in [2.05, 4.69) is 39.8 Å². The molecular weight excluding hydrogens is 232 g/mol. The molecular formula is C18H36O. The third-order valence-corrected chi connectivity index (χ3v) is 3.39. The van der Waals surface area contributed by atoms with Gasteiger partial charge in [-0.3, -0.25) is 0 Å². The monoisotopic (exact) mass is 268 g/mol. The smallest absolute Gasteiger partial charge is 0.0581 e. The van der Waals surface area contributed by atoms with Crippen molar-refractivity contribution in [2.24, 2.45) is 5.92 Å². The highest BCUT2D eigenvalue weighted by Crippen LogP contribution is 2.08. The zero-order valence-corrected chi connectivity index (χ0v) is 13.8. The third-order valence-electron chi connectivity index (χ3n) is 3.39. The number of allylic oxidation sites excluding steroid dienone is 1. The van der Waals surface area contributed by atoms with Gasteiger partial charge in [0.2, 0.25) is 0 Å². The Balaban J connectivity index is 3.24. The van der Waals surface area contributed by atoms with Crippen LogP contribution in [0.2, 0.25) is 0 Å². The maximum Gasteiger partial charge on any atom is 0.0581 e. The van der Waals surface area contributed by atoms with Gasteiger partial charge in [0.25, 0.3) is 0 Å². The van der Waals surface area contributed by atoms with Crippen LogP contribution in [0.25, 0.3) is 0 Å². The van der Waals surface area contributed by atoms with Crippen molar-refractivity contribution >= 4 is 0 Å². The second-order valence-electron chi connectivity index (χ2n) is 6.14. The van der Waals surface area contributed by atoms with Crippen LogP contribution in [0, 0.1) is 5.92 Å². The zero-order chi connectivity index (χ0) is 14.3. The zero-order valence-electron chi connectivity index (χ0n) is 13.8. The van der Waals surface area contributed by atoms with Gasteiger partial charge in [0, 0.05) is 6.61 Å². The highest BCUT2D eigenvalue weighted by Gasteiger charge is 1.99. The predicted molar refractivity (Wildman–Crippen MR) is 86.6 cm³/mol. The first-order chi connectivity index (χ1) is 9.16. The molecule has 0 aliphatic rings. The van der Waals surface area contributed by atoms with E-state index in [1.54, 1.807) is 0 Å². The average Bonchev–Trinajstić information content (AvgIpc) is 2.37. The van der Waals surface area contributed by atoms with Crippen LogP contribution >= 0.6 is 0 Å². The fourth-order valence-corrected chi connectivity index (χ4v) is 2.07. The minimum Gasteiger partial charge on any atom is -0.378 e. The van der Waals surface area contributed by atoms with E-state index in [9.17, 15) is 0 Å². The molecule has 0 amide bonds. The number of ether oxygens (including phenoxy) is 1. The Morgan fingerprint density at radius 3 is 2.00 bits per heavy atom. The molecule has 0 aromatic heterocycles. The van der Waals surface area contributed by atoms with Crippen LogP contribution < -0.4 is 0 Å². The topological polar surface area (TPSA) is 9.23 Å². The summed E-state index contributed by atoms with van der Waals surface area (Å²) in [5, 5.41) is 0. The molecule has 0 spiro atoms. The van der Waals surface area contributed by atoms with Crippen molar-refractivity contribution in [3.63, 3.8) is 0 Å². The summed E-state index contributed by atoms with van der Waals surface area (Å²) in [6, 6.07) is 0. The summed E-state index contributed by atoms with van der Waals surface area (Å²) in [7, 11) is 0. The van der Waals surface area contributed by atoms with Gasteiger partial charge < -0.3 is 4.74 Å². The van der Waals surface area contributed by atoms with Crippen LogP contribution in [0.3, 0.4) is 0 Å². The lowest BCUT2D eigenvalue weighted by molar-refractivity contribution is 0.0651. The SMILES string of the molecule is CCCCCCCCCOC(C)C/C=C\CC(C)C. The van der Waals surface area contributed by atoms with Crippen molar-refractivity contribution in [2.45, 2.75) is 91.6 Å². The summed E-state index contributed by atoms with van der Waals surface area (Å²) >= 11 is 0. The molecule has 0 aliphatic heterocycles. The Morgan fingerprint density at radius 1 is 0.789 bits per heavy atom. The van der Waals surface area contributed by atoms with Crippen LogP contribution in [0.5, 0.6) is 0 Å². The first-order valence-corrected chi connectivity index (χ1v) is 8.43. The summed E-state index contributed by atoms with van der Waals surface area (Å²) in [5.74, 6) is 0.764. The minimum atomic E-state index is 0.378. The van der Waals surface area contributed by atoms with Crippen LogP contribution in [0.4, 0.5) is 0 Å². The molecule has 0 saturated carbocycles. The van der Waals surface area contributed by atoms with Crippen molar-refractivity contribution in [3.8, 4) is 0 Å². The number of hydrogen-bond donors (Lipinski definition) is 0. The summed E-state index contributed by atoms with van der Waals surface area (Å²) in [6.07, 6.45) is 16.7. The highest BCUT2D eigenvalue weighted by molar-refractivity contribution is 4.84. The molecule has 0 aromatic carbocycles. The van der Waals surface area contributed by atoms with Gasteiger partial charge in [0.05, 0.1) is 6.10 Å². The molecule has 0 bridgehead atoms. The first kappa shape index (κ1) is 18.7. The van der Waals surface area contributed by atoms with Gasteiger partial charge in [0.15, 0.2) is 0 Å². The van der Waals surface area contributed by atoms with Crippen LogP contribution in [0.15, 0.2) is 12.2 Å². The van der Waals surface area contributed by atoms with Crippen molar-refractivity contribution in [3.05, 3.63) is 12.2 Å². The largest absolute Gasteiger partial charge is 0.378 e. The molecule has 0 radical (unpaired) electrons. The second kappa shape index (κ2) is 14.1. The standard InChI is InChI=1S/C18H36O/c1-5-6-7-8-9-10-13-16-19-18(4)15-12-11-14-17(2)3/h11-12,17-18H,5-10,13-16H2,1-4H3/b12-11-. The average molecular weight is 268 g/mol. The Kier molecular flexibility index (Phi) is 13.9. The normalized spacial score (nSPS) is 13.5.